The van der Waals surface area contributed by atoms with E-state index in [1.54, 1.807) is 0 Å². The number of imidazole rings is 1. The molecule has 104 valence electrons. The van der Waals surface area contributed by atoms with Gasteiger partial charge in [-0.15, -0.1) is 0 Å². The first-order valence-electron chi connectivity index (χ1n) is 7.27. The minimum atomic E-state index is 0.457. The van der Waals surface area contributed by atoms with E-state index in [0.717, 1.165) is 40.4 Å². The number of hydrogen-bond acceptors (Lipinski definition) is 2. The van der Waals surface area contributed by atoms with Gasteiger partial charge in [-0.1, -0.05) is 26.2 Å². The Kier molecular flexibility index (Phi) is 3.25. The lowest BCUT2D eigenvalue weighted by atomic mass is 10.1. The lowest BCUT2D eigenvalue weighted by Crippen LogP contribution is -2.09. The van der Waals surface area contributed by atoms with Crippen molar-refractivity contribution in [2.24, 2.45) is 13.0 Å². The molecule has 1 fully saturated rings. The van der Waals surface area contributed by atoms with E-state index in [9.17, 15) is 0 Å². The highest BCUT2D eigenvalue weighted by Crippen LogP contribution is 2.37. The number of H-pyrrole nitrogens is 1. The molecule has 0 aliphatic heterocycles. The van der Waals surface area contributed by atoms with Gasteiger partial charge in [0, 0.05) is 13.1 Å². The number of rotatable bonds is 5. The Bertz CT molecular complexity index is 644. The van der Waals surface area contributed by atoms with E-state index < -0.39 is 0 Å². The zero-order chi connectivity index (χ0) is 13.6. The number of hydrogen-bond donors (Lipinski definition) is 1. The summed E-state index contributed by atoms with van der Waals surface area (Å²) in [5.41, 5.74) is 3.43. The molecule has 19 heavy (non-hydrogen) atoms. The molecule has 4 nitrogen and oxygen atoms in total. The molecule has 1 saturated carbocycles. The lowest BCUT2D eigenvalue weighted by Gasteiger charge is -2.13. The van der Waals surface area contributed by atoms with Crippen molar-refractivity contribution in [3.8, 4) is 0 Å². The number of fused-ring (bicyclic) bond motifs is 1. The summed E-state index contributed by atoms with van der Waals surface area (Å²) >= 11 is 5.53. The minimum absolute atomic E-state index is 0.457. The van der Waals surface area contributed by atoms with Crippen LogP contribution >= 0.6 is 12.2 Å². The van der Waals surface area contributed by atoms with Crippen LogP contribution in [0.4, 0.5) is 0 Å². The standard InChI is InChI=1S/C14H22N4S/c1-4-5-11-12-13(17(3)16-11)18(14(19)15-12)9(2)8-10-6-7-10/h9-10H,4-8H2,1-3H3,(H,15,19). The van der Waals surface area contributed by atoms with Crippen molar-refractivity contribution in [2.75, 3.05) is 0 Å². The molecule has 5 heteroatoms. The van der Waals surface area contributed by atoms with Gasteiger partial charge in [-0.2, -0.15) is 5.10 Å². The van der Waals surface area contributed by atoms with Gasteiger partial charge in [0.2, 0.25) is 0 Å². The summed E-state index contributed by atoms with van der Waals surface area (Å²) in [6.45, 7) is 4.45. The first kappa shape index (κ1) is 12.9. The Labute approximate surface area is 118 Å². The molecule has 0 spiro atoms. The van der Waals surface area contributed by atoms with Crippen LogP contribution in [0.2, 0.25) is 0 Å². The average Bonchev–Trinajstić information content (AvgIpc) is 3.02. The summed E-state index contributed by atoms with van der Waals surface area (Å²) in [7, 11) is 2.02. The second-order valence-corrected chi connectivity index (χ2v) is 6.23. The van der Waals surface area contributed by atoms with E-state index in [-0.39, 0.29) is 0 Å². The first-order valence-corrected chi connectivity index (χ1v) is 7.68. The van der Waals surface area contributed by atoms with Crippen LogP contribution in [-0.4, -0.2) is 19.3 Å². The molecule has 2 aromatic heterocycles. The fraction of sp³-hybridized carbons (Fsp3) is 0.714. The number of nitrogens with one attached hydrogen (secondary N) is 1. The predicted octanol–water partition coefficient (Wildman–Crippen LogP) is 3.75. The molecule has 0 aromatic carbocycles. The molecular formula is C14H22N4S. The van der Waals surface area contributed by atoms with Gasteiger partial charge in [0.05, 0.1) is 5.69 Å². The van der Waals surface area contributed by atoms with Crippen molar-refractivity contribution in [1.82, 2.24) is 19.3 Å². The third-order valence-corrected chi connectivity index (χ3v) is 4.37. The summed E-state index contributed by atoms with van der Waals surface area (Å²) < 4.78 is 5.08. The molecule has 0 bridgehead atoms. The molecule has 1 atom stereocenters. The second-order valence-electron chi connectivity index (χ2n) is 5.85. The van der Waals surface area contributed by atoms with E-state index in [0.29, 0.717) is 6.04 Å². The lowest BCUT2D eigenvalue weighted by molar-refractivity contribution is 0.475. The van der Waals surface area contributed by atoms with E-state index >= 15 is 0 Å². The van der Waals surface area contributed by atoms with Gasteiger partial charge in [0.15, 0.2) is 10.4 Å². The zero-order valence-corrected chi connectivity index (χ0v) is 12.8. The summed E-state index contributed by atoms with van der Waals surface area (Å²) in [4.78, 5) is 3.37. The summed E-state index contributed by atoms with van der Waals surface area (Å²) in [6.07, 6.45) is 6.12. The summed E-state index contributed by atoms with van der Waals surface area (Å²) in [6, 6.07) is 0.457. The Balaban J connectivity index is 2.07. The van der Waals surface area contributed by atoms with Crippen molar-refractivity contribution in [2.45, 2.75) is 52.0 Å². The number of aromatic amines is 1. The molecule has 3 rings (SSSR count). The van der Waals surface area contributed by atoms with Crippen LogP contribution in [0.25, 0.3) is 11.2 Å². The van der Waals surface area contributed by atoms with Crippen molar-refractivity contribution in [1.29, 1.82) is 0 Å². The molecule has 1 aliphatic carbocycles. The van der Waals surface area contributed by atoms with Crippen molar-refractivity contribution in [3.05, 3.63) is 10.5 Å². The topological polar surface area (TPSA) is 38.5 Å². The minimum Gasteiger partial charge on any atom is -0.328 e. The molecule has 0 saturated heterocycles. The van der Waals surface area contributed by atoms with Gasteiger partial charge in [-0.3, -0.25) is 9.25 Å². The summed E-state index contributed by atoms with van der Waals surface area (Å²) in [5.74, 6) is 0.908. The zero-order valence-electron chi connectivity index (χ0n) is 11.9. The first-order chi connectivity index (χ1) is 9.11. The van der Waals surface area contributed by atoms with Crippen molar-refractivity contribution < 1.29 is 0 Å². The normalized spacial score (nSPS) is 17.2. The smallest absolute Gasteiger partial charge is 0.179 e. The summed E-state index contributed by atoms with van der Waals surface area (Å²) in [5, 5.41) is 4.64. The fourth-order valence-electron chi connectivity index (χ4n) is 3.00. The molecular weight excluding hydrogens is 256 g/mol. The Morgan fingerprint density at radius 2 is 2.21 bits per heavy atom. The Morgan fingerprint density at radius 1 is 1.47 bits per heavy atom. The van der Waals surface area contributed by atoms with Crippen LogP contribution < -0.4 is 0 Å². The molecule has 2 heterocycles. The molecule has 1 N–H and O–H groups in total. The maximum absolute atomic E-state index is 5.53. The predicted molar refractivity (Wildman–Crippen MR) is 79.9 cm³/mol. The van der Waals surface area contributed by atoms with Crippen LogP contribution in [0, 0.1) is 10.7 Å². The molecule has 1 aliphatic rings. The van der Waals surface area contributed by atoms with E-state index in [1.165, 1.54) is 19.3 Å². The van der Waals surface area contributed by atoms with Crippen LogP contribution in [0.15, 0.2) is 0 Å². The largest absolute Gasteiger partial charge is 0.328 e. The van der Waals surface area contributed by atoms with Gasteiger partial charge in [-0.05, 0) is 37.9 Å². The molecule has 0 radical (unpaired) electrons. The monoisotopic (exact) mass is 278 g/mol. The average molecular weight is 278 g/mol. The number of nitrogens with zero attached hydrogens (tertiary/aromatic N) is 3. The number of aryl methyl sites for hydroxylation is 2. The van der Waals surface area contributed by atoms with Gasteiger partial charge in [0.25, 0.3) is 0 Å². The van der Waals surface area contributed by atoms with Crippen LogP contribution in [0.3, 0.4) is 0 Å². The third-order valence-electron chi connectivity index (χ3n) is 4.07. The van der Waals surface area contributed by atoms with Crippen LogP contribution in [-0.2, 0) is 13.5 Å². The molecule has 0 amide bonds. The maximum Gasteiger partial charge on any atom is 0.179 e. The van der Waals surface area contributed by atoms with E-state index in [4.69, 9.17) is 12.2 Å². The van der Waals surface area contributed by atoms with Gasteiger partial charge in [0.1, 0.15) is 5.52 Å². The van der Waals surface area contributed by atoms with Gasteiger partial charge >= 0.3 is 0 Å². The van der Waals surface area contributed by atoms with Crippen molar-refractivity contribution in [3.63, 3.8) is 0 Å². The second kappa shape index (κ2) is 4.78. The quantitative estimate of drug-likeness (QED) is 0.846. The van der Waals surface area contributed by atoms with Crippen LogP contribution in [0.1, 0.15) is 51.3 Å². The van der Waals surface area contributed by atoms with Gasteiger partial charge < -0.3 is 4.98 Å². The van der Waals surface area contributed by atoms with E-state index in [1.807, 2.05) is 11.7 Å². The maximum atomic E-state index is 5.53. The van der Waals surface area contributed by atoms with Crippen LogP contribution in [0.5, 0.6) is 0 Å². The SMILES string of the molecule is CCCc1nn(C)c2c1[nH]c(=S)n2C(C)CC1CC1. The molecule has 1 unspecified atom stereocenters. The Morgan fingerprint density at radius 3 is 2.84 bits per heavy atom. The van der Waals surface area contributed by atoms with Gasteiger partial charge in [-0.25, -0.2) is 0 Å². The van der Waals surface area contributed by atoms with E-state index in [2.05, 4.69) is 28.5 Å². The Hall–Kier alpha value is -1.10. The highest BCUT2D eigenvalue weighted by Gasteiger charge is 2.26. The highest BCUT2D eigenvalue weighted by molar-refractivity contribution is 7.71. The molecule has 2 aromatic rings. The fourth-order valence-corrected chi connectivity index (χ4v) is 3.37. The highest BCUT2D eigenvalue weighted by atomic mass is 32.1. The third kappa shape index (κ3) is 2.24. The number of aromatic nitrogens is 4. The van der Waals surface area contributed by atoms with Crippen molar-refractivity contribution >= 4 is 23.4 Å².